The molecule has 426 valence electrons. The number of carbonyl (C=O) groups is 3. The van der Waals surface area contributed by atoms with E-state index in [1.807, 2.05) is 0 Å². The molecule has 0 amide bonds. The van der Waals surface area contributed by atoms with Crippen LogP contribution in [0.5, 0.6) is 0 Å². The third kappa shape index (κ3) is 60.1. The fourth-order valence-electron chi connectivity index (χ4n) is 9.45. The Morgan fingerprint density at radius 2 is 0.493 bits per heavy atom. The van der Waals surface area contributed by atoms with Crippen molar-refractivity contribution in [3.8, 4) is 0 Å². The van der Waals surface area contributed by atoms with Crippen molar-refractivity contribution in [3.63, 3.8) is 0 Å². The normalized spacial score (nSPS) is 12.3. The van der Waals surface area contributed by atoms with Crippen molar-refractivity contribution in [1.29, 1.82) is 0 Å². The molecular formula is C67H122O6. The molecule has 0 heterocycles. The van der Waals surface area contributed by atoms with Gasteiger partial charge in [0.25, 0.3) is 0 Å². The number of carbonyl (C=O) groups excluding carboxylic acids is 3. The summed E-state index contributed by atoms with van der Waals surface area (Å²) in [5.74, 6) is -0.880. The Kier molecular flexibility index (Phi) is 59.7. The van der Waals surface area contributed by atoms with E-state index in [0.717, 1.165) is 83.5 Å². The van der Waals surface area contributed by atoms with Gasteiger partial charge < -0.3 is 14.2 Å². The minimum Gasteiger partial charge on any atom is -0.462 e. The summed E-state index contributed by atoms with van der Waals surface area (Å²) in [6.07, 6.45) is 76.8. The number of rotatable bonds is 59. The zero-order valence-electron chi connectivity index (χ0n) is 48.9. The molecule has 0 radical (unpaired) electrons. The molecule has 73 heavy (non-hydrogen) atoms. The third-order valence-electron chi connectivity index (χ3n) is 14.3. The van der Waals surface area contributed by atoms with E-state index in [2.05, 4.69) is 69.4 Å². The molecule has 0 saturated heterocycles. The van der Waals surface area contributed by atoms with Gasteiger partial charge in [0.1, 0.15) is 13.2 Å². The molecular weight excluding hydrogens is 901 g/mol. The summed E-state index contributed by atoms with van der Waals surface area (Å²) in [6.45, 7) is 6.64. The second-order valence-electron chi connectivity index (χ2n) is 21.7. The van der Waals surface area contributed by atoms with Gasteiger partial charge in [-0.05, 0) is 83.5 Å². The predicted molar refractivity (Wildman–Crippen MR) is 316 cm³/mol. The summed E-state index contributed by atoms with van der Waals surface area (Å²) >= 11 is 0. The van der Waals surface area contributed by atoms with Gasteiger partial charge in [0.05, 0.1) is 0 Å². The van der Waals surface area contributed by atoms with Crippen LogP contribution in [0.15, 0.2) is 48.6 Å². The van der Waals surface area contributed by atoms with Crippen LogP contribution in [0.25, 0.3) is 0 Å². The van der Waals surface area contributed by atoms with Crippen LogP contribution in [-0.2, 0) is 28.6 Å². The lowest BCUT2D eigenvalue weighted by atomic mass is 10.0. The second-order valence-corrected chi connectivity index (χ2v) is 21.7. The van der Waals surface area contributed by atoms with Crippen molar-refractivity contribution in [2.75, 3.05) is 13.2 Å². The maximum absolute atomic E-state index is 12.9. The van der Waals surface area contributed by atoms with Crippen LogP contribution in [0.3, 0.4) is 0 Å². The Morgan fingerprint density at radius 1 is 0.274 bits per heavy atom. The monoisotopic (exact) mass is 1020 g/mol. The van der Waals surface area contributed by atoms with E-state index in [-0.39, 0.29) is 31.1 Å². The Morgan fingerprint density at radius 3 is 0.808 bits per heavy atom. The van der Waals surface area contributed by atoms with Gasteiger partial charge in [-0.15, -0.1) is 0 Å². The van der Waals surface area contributed by atoms with Gasteiger partial charge >= 0.3 is 17.9 Å². The zero-order valence-corrected chi connectivity index (χ0v) is 48.9. The van der Waals surface area contributed by atoms with Gasteiger partial charge in [0.2, 0.25) is 0 Å². The highest BCUT2D eigenvalue weighted by Crippen LogP contribution is 2.17. The van der Waals surface area contributed by atoms with Crippen molar-refractivity contribution in [1.82, 2.24) is 0 Å². The van der Waals surface area contributed by atoms with Gasteiger partial charge in [-0.3, -0.25) is 14.4 Å². The highest BCUT2D eigenvalue weighted by Gasteiger charge is 2.19. The SMILES string of the molecule is CCCCC/C=C\C/C=C\C/C=C\CCCCCCC(=O)OC[C@H](COC(=O)CCCCCCCCCCCCCCCCCCCCC)OC(=O)CCCCCCCCCCC/C=C\CCCCCCCC. The van der Waals surface area contributed by atoms with Gasteiger partial charge in [-0.1, -0.05) is 288 Å². The Labute approximate surface area is 454 Å². The van der Waals surface area contributed by atoms with E-state index in [0.29, 0.717) is 19.3 Å². The fraction of sp³-hybridized carbons (Fsp3) is 0.836. The molecule has 0 aliphatic heterocycles. The Hall–Kier alpha value is -2.63. The lowest BCUT2D eigenvalue weighted by Crippen LogP contribution is -2.30. The molecule has 0 aromatic rings. The summed E-state index contributed by atoms with van der Waals surface area (Å²) in [5, 5.41) is 0. The van der Waals surface area contributed by atoms with E-state index in [1.165, 1.54) is 218 Å². The topological polar surface area (TPSA) is 78.9 Å². The van der Waals surface area contributed by atoms with Gasteiger partial charge in [0.15, 0.2) is 6.10 Å². The second kappa shape index (κ2) is 61.9. The van der Waals surface area contributed by atoms with E-state index in [4.69, 9.17) is 14.2 Å². The maximum Gasteiger partial charge on any atom is 0.306 e. The largest absolute Gasteiger partial charge is 0.462 e. The minimum absolute atomic E-state index is 0.0774. The number of hydrogen-bond donors (Lipinski definition) is 0. The summed E-state index contributed by atoms with van der Waals surface area (Å²) in [6, 6.07) is 0. The number of esters is 3. The zero-order chi connectivity index (χ0) is 52.9. The molecule has 1 atom stereocenters. The summed E-state index contributed by atoms with van der Waals surface area (Å²) in [5.41, 5.74) is 0. The van der Waals surface area contributed by atoms with E-state index < -0.39 is 6.10 Å². The van der Waals surface area contributed by atoms with Crippen molar-refractivity contribution >= 4 is 17.9 Å². The first-order valence-electron chi connectivity index (χ1n) is 32.1. The molecule has 0 bridgehead atoms. The molecule has 0 aliphatic rings. The molecule has 0 spiro atoms. The summed E-state index contributed by atoms with van der Waals surface area (Å²) in [4.78, 5) is 38.3. The molecule has 0 saturated carbocycles. The lowest BCUT2D eigenvalue weighted by molar-refractivity contribution is -0.167. The number of allylic oxidation sites excluding steroid dienone is 8. The highest BCUT2D eigenvalue weighted by molar-refractivity contribution is 5.71. The number of ether oxygens (including phenoxy) is 3. The molecule has 0 aliphatic carbocycles. The first kappa shape index (κ1) is 70.4. The fourth-order valence-corrected chi connectivity index (χ4v) is 9.45. The minimum atomic E-state index is -0.782. The molecule has 6 heteroatoms. The van der Waals surface area contributed by atoms with E-state index in [1.54, 1.807) is 0 Å². The lowest BCUT2D eigenvalue weighted by Gasteiger charge is -2.18. The molecule has 0 N–H and O–H groups in total. The van der Waals surface area contributed by atoms with Crippen molar-refractivity contribution in [2.45, 2.75) is 348 Å². The van der Waals surface area contributed by atoms with Crippen LogP contribution < -0.4 is 0 Å². The van der Waals surface area contributed by atoms with Crippen LogP contribution in [0, 0.1) is 0 Å². The van der Waals surface area contributed by atoms with Crippen molar-refractivity contribution in [2.24, 2.45) is 0 Å². The summed E-state index contributed by atoms with van der Waals surface area (Å²) in [7, 11) is 0. The van der Waals surface area contributed by atoms with E-state index in [9.17, 15) is 14.4 Å². The van der Waals surface area contributed by atoms with Crippen molar-refractivity contribution in [3.05, 3.63) is 48.6 Å². The van der Waals surface area contributed by atoms with Crippen LogP contribution in [0.2, 0.25) is 0 Å². The van der Waals surface area contributed by atoms with E-state index >= 15 is 0 Å². The van der Waals surface area contributed by atoms with Crippen molar-refractivity contribution < 1.29 is 28.6 Å². The number of hydrogen-bond acceptors (Lipinski definition) is 6. The standard InChI is InChI=1S/C67H122O6/c1-4-7-10-13-16-19-22-25-28-31-33-36-39-42-45-48-51-54-57-60-66(69)72-63-64(62-71-65(68)59-56-53-50-47-44-41-38-35-30-27-24-21-18-15-12-9-6-3)73-67(70)61-58-55-52-49-46-43-40-37-34-32-29-26-23-20-17-14-11-8-5-2/h18,21,26-27,29-30,38,41,64H,4-17,19-20,22-25,28,31-37,39-40,42-63H2,1-3H3/b21-18-,29-26-,30-27-,41-38-/t64-/m1/s1. The van der Waals surface area contributed by atoms with Crippen LogP contribution in [-0.4, -0.2) is 37.2 Å². The first-order valence-corrected chi connectivity index (χ1v) is 32.1. The van der Waals surface area contributed by atoms with Crippen LogP contribution in [0.4, 0.5) is 0 Å². The first-order chi connectivity index (χ1) is 36.0. The molecule has 0 aromatic carbocycles. The summed E-state index contributed by atoms with van der Waals surface area (Å²) < 4.78 is 16.9. The van der Waals surface area contributed by atoms with Crippen LogP contribution in [0.1, 0.15) is 342 Å². The Balaban J connectivity index is 4.37. The molecule has 0 aromatic heterocycles. The average molecular weight is 1020 g/mol. The molecule has 0 rings (SSSR count). The number of unbranched alkanes of at least 4 members (excludes halogenated alkanes) is 40. The molecule has 0 fully saturated rings. The van der Waals surface area contributed by atoms with Gasteiger partial charge in [-0.2, -0.15) is 0 Å². The predicted octanol–water partition coefficient (Wildman–Crippen LogP) is 21.8. The maximum atomic E-state index is 12.9. The quantitative estimate of drug-likeness (QED) is 0.0261. The molecule has 6 nitrogen and oxygen atoms in total. The van der Waals surface area contributed by atoms with Gasteiger partial charge in [-0.25, -0.2) is 0 Å². The van der Waals surface area contributed by atoms with Crippen LogP contribution >= 0.6 is 0 Å². The highest BCUT2D eigenvalue weighted by atomic mass is 16.6. The Bertz CT molecular complexity index is 1270. The molecule has 0 unspecified atom stereocenters. The average Bonchev–Trinajstić information content (AvgIpc) is 3.39. The smallest absolute Gasteiger partial charge is 0.306 e. The van der Waals surface area contributed by atoms with Gasteiger partial charge in [0, 0.05) is 19.3 Å². The third-order valence-corrected chi connectivity index (χ3v) is 14.3.